The normalized spacial score (nSPS) is 22.8. The van der Waals surface area contributed by atoms with Gasteiger partial charge < -0.3 is 10.1 Å². The van der Waals surface area contributed by atoms with Crippen molar-refractivity contribution in [2.24, 2.45) is 0 Å². The third-order valence-electron chi connectivity index (χ3n) is 3.05. The van der Waals surface area contributed by atoms with Crippen LogP contribution >= 0.6 is 0 Å². The Kier molecular flexibility index (Phi) is 3.78. The molecule has 2 rings (SSSR count). The van der Waals surface area contributed by atoms with Crippen LogP contribution in [0.3, 0.4) is 0 Å². The van der Waals surface area contributed by atoms with Crippen molar-refractivity contribution in [2.75, 3.05) is 6.54 Å². The van der Waals surface area contributed by atoms with Gasteiger partial charge in [-0.15, -0.1) is 0 Å². The van der Waals surface area contributed by atoms with E-state index < -0.39 is 0 Å². The number of nitrogens with one attached hydrogen (secondary N) is 1. The van der Waals surface area contributed by atoms with Gasteiger partial charge in [0.15, 0.2) is 0 Å². The first-order valence-electron chi connectivity index (χ1n) is 5.91. The fourth-order valence-electron chi connectivity index (χ4n) is 2.09. The summed E-state index contributed by atoms with van der Waals surface area (Å²) >= 11 is 0. The third-order valence-corrected chi connectivity index (χ3v) is 3.05. The highest BCUT2D eigenvalue weighted by molar-refractivity contribution is 5.22. The average molecular weight is 223 g/mol. The molecule has 2 atom stereocenters. The zero-order valence-electron chi connectivity index (χ0n) is 9.58. The standard InChI is InChI=1S/C13H18FNO/c1-10(13-4-2-3-9-15-13)16-12-7-5-11(14)6-8-12/h5-8,10,13,15H,2-4,9H2,1H3. The Bertz CT molecular complexity index is 319. The minimum Gasteiger partial charge on any atom is -0.489 e. The van der Waals surface area contributed by atoms with Crippen LogP contribution in [0.4, 0.5) is 4.39 Å². The highest BCUT2D eigenvalue weighted by Gasteiger charge is 2.20. The average Bonchev–Trinajstić information content (AvgIpc) is 2.33. The van der Waals surface area contributed by atoms with Crippen molar-refractivity contribution >= 4 is 0 Å². The van der Waals surface area contributed by atoms with Gasteiger partial charge in [-0.25, -0.2) is 4.39 Å². The van der Waals surface area contributed by atoms with E-state index in [-0.39, 0.29) is 11.9 Å². The lowest BCUT2D eigenvalue weighted by Crippen LogP contribution is -2.44. The highest BCUT2D eigenvalue weighted by Crippen LogP contribution is 2.17. The van der Waals surface area contributed by atoms with Crippen molar-refractivity contribution in [3.63, 3.8) is 0 Å². The maximum absolute atomic E-state index is 12.7. The largest absolute Gasteiger partial charge is 0.489 e. The van der Waals surface area contributed by atoms with Gasteiger partial charge in [0.25, 0.3) is 0 Å². The van der Waals surface area contributed by atoms with Crippen molar-refractivity contribution in [2.45, 2.75) is 38.3 Å². The lowest BCUT2D eigenvalue weighted by molar-refractivity contribution is 0.152. The molecule has 0 amide bonds. The lowest BCUT2D eigenvalue weighted by Gasteiger charge is -2.29. The van der Waals surface area contributed by atoms with Crippen molar-refractivity contribution in [1.29, 1.82) is 0 Å². The van der Waals surface area contributed by atoms with Gasteiger partial charge in [-0.2, -0.15) is 0 Å². The molecule has 1 aliphatic heterocycles. The summed E-state index contributed by atoms with van der Waals surface area (Å²) in [6.45, 7) is 3.13. The third kappa shape index (κ3) is 2.95. The van der Waals surface area contributed by atoms with Gasteiger partial charge in [0.1, 0.15) is 17.7 Å². The Morgan fingerprint density at radius 3 is 2.69 bits per heavy atom. The number of ether oxygens (including phenoxy) is 1. The van der Waals surface area contributed by atoms with Gasteiger partial charge in [0.05, 0.1) is 0 Å². The van der Waals surface area contributed by atoms with E-state index in [0.29, 0.717) is 6.04 Å². The Labute approximate surface area is 95.8 Å². The van der Waals surface area contributed by atoms with E-state index in [1.165, 1.54) is 25.0 Å². The van der Waals surface area contributed by atoms with Crippen LogP contribution in [0, 0.1) is 5.82 Å². The zero-order chi connectivity index (χ0) is 11.4. The van der Waals surface area contributed by atoms with Gasteiger partial charge in [-0.1, -0.05) is 6.42 Å². The topological polar surface area (TPSA) is 21.3 Å². The molecule has 1 N–H and O–H groups in total. The molecule has 1 aromatic carbocycles. The molecule has 0 aliphatic carbocycles. The van der Waals surface area contributed by atoms with Crippen LogP contribution in [0.5, 0.6) is 5.75 Å². The number of hydrogen-bond acceptors (Lipinski definition) is 2. The number of hydrogen-bond donors (Lipinski definition) is 1. The van der Waals surface area contributed by atoms with E-state index in [1.54, 1.807) is 12.1 Å². The van der Waals surface area contributed by atoms with Crippen LogP contribution in [0.1, 0.15) is 26.2 Å². The summed E-state index contributed by atoms with van der Waals surface area (Å²) in [5.74, 6) is 0.511. The van der Waals surface area contributed by atoms with Crippen LogP contribution in [-0.2, 0) is 0 Å². The summed E-state index contributed by atoms with van der Waals surface area (Å²) < 4.78 is 18.5. The van der Waals surface area contributed by atoms with Gasteiger partial charge in [0, 0.05) is 6.04 Å². The maximum Gasteiger partial charge on any atom is 0.123 e. The van der Waals surface area contributed by atoms with Crippen molar-refractivity contribution in [1.82, 2.24) is 5.32 Å². The molecular weight excluding hydrogens is 205 g/mol. The van der Waals surface area contributed by atoms with Crippen LogP contribution in [0.25, 0.3) is 0 Å². The van der Waals surface area contributed by atoms with Gasteiger partial charge in [-0.05, 0) is 50.6 Å². The number of halogens is 1. The van der Waals surface area contributed by atoms with Crippen LogP contribution < -0.4 is 10.1 Å². The van der Waals surface area contributed by atoms with Crippen LogP contribution in [0.2, 0.25) is 0 Å². The first-order valence-corrected chi connectivity index (χ1v) is 5.91. The second-order valence-corrected chi connectivity index (χ2v) is 4.33. The number of piperidine rings is 1. The number of rotatable bonds is 3. The predicted molar refractivity (Wildman–Crippen MR) is 62.1 cm³/mol. The Balaban J connectivity index is 1.90. The molecule has 2 unspecified atom stereocenters. The molecule has 1 saturated heterocycles. The van der Waals surface area contributed by atoms with Gasteiger partial charge >= 0.3 is 0 Å². The van der Waals surface area contributed by atoms with Crippen molar-refractivity contribution in [3.8, 4) is 5.75 Å². The van der Waals surface area contributed by atoms with Crippen LogP contribution in [0.15, 0.2) is 24.3 Å². The molecular formula is C13H18FNO. The molecule has 1 aromatic rings. The summed E-state index contributed by atoms with van der Waals surface area (Å²) in [7, 11) is 0. The molecule has 0 aromatic heterocycles. The quantitative estimate of drug-likeness (QED) is 0.850. The Hall–Kier alpha value is -1.09. The Morgan fingerprint density at radius 2 is 2.06 bits per heavy atom. The van der Waals surface area contributed by atoms with E-state index in [1.807, 2.05) is 0 Å². The van der Waals surface area contributed by atoms with E-state index in [4.69, 9.17) is 4.74 Å². The summed E-state index contributed by atoms with van der Waals surface area (Å²) in [6.07, 6.45) is 3.79. The monoisotopic (exact) mass is 223 g/mol. The zero-order valence-corrected chi connectivity index (χ0v) is 9.58. The molecule has 1 fully saturated rings. The molecule has 88 valence electrons. The maximum atomic E-state index is 12.7. The molecule has 16 heavy (non-hydrogen) atoms. The first kappa shape index (κ1) is 11.4. The summed E-state index contributed by atoms with van der Waals surface area (Å²) in [5.41, 5.74) is 0. The van der Waals surface area contributed by atoms with E-state index in [0.717, 1.165) is 18.7 Å². The first-order chi connectivity index (χ1) is 7.75. The molecule has 0 radical (unpaired) electrons. The van der Waals surface area contributed by atoms with E-state index in [9.17, 15) is 4.39 Å². The smallest absolute Gasteiger partial charge is 0.123 e. The second kappa shape index (κ2) is 5.30. The summed E-state index contributed by atoms with van der Waals surface area (Å²) in [6, 6.07) is 6.62. The molecule has 0 bridgehead atoms. The van der Waals surface area contributed by atoms with Gasteiger partial charge in [0.2, 0.25) is 0 Å². The SMILES string of the molecule is CC(Oc1ccc(F)cc1)C1CCCCN1. The predicted octanol–water partition coefficient (Wildman–Crippen LogP) is 2.74. The van der Waals surface area contributed by atoms with Crippen molar-refractivity contribution < 1.29 is 9.13 Å². The molecule has 3 heteroatoms. The molecule has 2 nitrogen and oxygen atoms in total. The fourth-order valence-corrected chi connectivity index (χ4v) is 2.09. The lowest BCUT2D eigenvalue weighted by atomic mass is 10.0. The Morgan fingerprint density at radius 1 is 1.31 bits per heavy atom. The molecule has 0 spiro atoms. The number of benzene rings is 1. The highest BCUT2D eigenvalue weighted by atomic mass is 19.1. The fraction of sp³-hybridized carbons (Fsp3) is 0.538. The van der Waals surface area contributed by atoms with E-state index in [2.05, 4.69) is 12.2 Å². The van der Waals surface area contributed by atoms with E-state index >= 15 is 0 Å². The van der Waals surface area contributed by atoms with Crippen molar-refractivity contribution in [3.05, 3.63) is 30.1 Å². The minimum absolute atomic E-state index is 0.130. The minimum atomic E-state index is -0.226. The molecule has 0 saturated carbocycles. The van der Waals surface area contributed by atoms with Crippen LogP contribution in [-0.4, -0.2) is 18.7 Å². The second-order valence-electron chi connectivity index (χ2n) is 4.33. The summed E-state index contributed by atoms with van der Waals surface area (Å²) in [4.78, 5) is 0. The van der Waals surface area contributed by atoms with Gasteiger partial charge in [-0.3, -0.25) is 0 Å². The molecule has 1 aliphatic rings. The molecule has 1 heterocycles. The summed E-state index contributed by atoms with van der Waals surface area (Å²) in [5, 5.41) is 3.45.